The fourth-order valence-corrected chi connectivity index (χ4v) is 4.40. The van der Waals surface area contributed by atoms with Gasteiger partial charge in [-0.15, -0.1) is 0 Å². The quantitative estimate of drug-likeness (QED) is 0.235. The average molecular weight is 462 g/mol. The molecule has 0 unspecified atom stereocenters. The highest BCUT2D eigenvalue weighted by Crippen LogP contribution is 2.36. The number of benzene rings is 2. The molecule has 0 bridgehead atoms. The molecule has 0 saturated carbocycles. The first-order valence-corrected chi connectivity index (χ1v) is 11.4. The lowest BCUT2D eigenvalue weighted by Crippen LogP contribution is -2.36. The Morgan fingerprint density at radius 3 is 2.45 bits per heavy atom. The number of carbonyl (C=O) groups excluding carboxylic acids is 1. The smallest absolute Gasteiger partial charge is 0.269 e. The van der Waals surface area contributed by atoms with Crippen molar-refractivity contribution in [1.29, 1.82) is 0 Å². The zero-order chi connectivity index (χ0) is 23.5. The maximum atomic E-state index is 13.2. The van der Waals surface area contributed by atoms with E-state index in [1.165, 1.54) is 23.9 Å². The third kappa shape index (κ3) is 4.90. The van der Waals surface area contributed by atoms with E-state index in [2.05, 4.69) is 0 Å². The molecule has 8 heteroatoms. The van der Waals surface area contributed by atoms with Crippen LogP contribution in [0.4, 0.5) is 11.4 Å². The fourth-order valence-electron chi connectivity index (χ4n) is 3.33. The van der Waals surface area contributed by atoms with E-state index >= 15 is 0 Å². The molecule has 1 aromatic heterocycles. The summed E-state index contributed by atoms with van der Waals surface area (Å²) in [5, 5.41) is 11.5. The molecule has 0 spiro atoms. The van der Waals surface area contributed by atoms with Gasteiger partial charge in [-0.25, -0.2) is 4.99 Å². The van der Waals surface area contributed by atoms with Crippen molar-refractivity contribution in [3.8, 4) is 11.3 Å². The lowest BCUT2D eigenvalue weighted by Gasteiger charge is -2.22. The van der Waals surface area contributed by atoms with Crippen LogP contribution in [0.3, 0.4) is 0 Å². The summed E-state index contributed by atoms with van der Waals surface area (Å²) in [6.45, 7) is 6.06. The molecule has 2 aromatic carbocycles. The third-order valence-electron chi connectivity index (χ3n) is 5.39. The molecule has 7 nitrogen and oxygen atoms in total. The summed E-state index contributed by atoms with van der Waals surface area (Å²) in [6.07, 6.45) is 2.52. The maximum Gasteiger partial charge on any atom is 0.269 e. The molecule has 4 rings (SSSR count). The molecule has 33 heavy (non-hydrogen) atoms. The van der Waals surface area contributed by atoms with Crippen molar-refractivity contribution in [3.63, 3.8) is 0 Å². The van der Waals surface area contributed by atoms with Crippen LogP contribution in [0, 0.1) is 17.0 Å². The summed E-state index contributed by atoms with van der Waals surface area (Å²) in [5.74, 6) is 0.993. The molecule has 3 aromatic rings. The second-order valence-electron chi connectivity index (χ2n) is 7.78. The van der Waals surface area contributed by atoms with Crippen molar-refractivity contribution in [2.45, 2.75) is 33.2 Å². The number of rotatable bonds is 6. The van der Waals surface area contributed by atoms with Crippen molar-refractivity contribution < 1.29 is 14.1 Å². The first-order chi connectivity index (χ1) is 15.9. The van der Waals surface area contributed by atoms with Gasteiger partial charge in [0, 0.05) is 29.8 Å². The first kappa shape index (κ1) is 22.5. The van der Waals surface area contributed by atoms with E-state index in [4.69, 9.17) is 9.41 Å². The number of aryl methyl sites for hydroxylation is 1. The van der Waals surface area contributed by atoms with Crippen LogP contribution in [0.2, 0.25) is 0 Å². The Morgan fingerprint density at radius 1 is 1.12 bits per heavy atom. The Bertz CT molecular complexity index is 1240. The van der Waals surface area contributed by atoms with Crippen LogP contribution in [0.25, 0.3) is 17.4 Å². The van der Waals surface area contributed by atoms with Gasteiger partial charge in [0.05, 0.1) is 15.5 Å². The van der Waals surface area contributed by atoms with E-state index < -0.39 is 4.92 Å². The minimum Gasteiger partial charge on any atom is -0.457 e. The molecule has 168 valence electrons. The van der Waals surface area contributed by atoms with Crippen LogP contribution < -0.4 is 0 Å². The number of thioether (sulfide) groups is 1. The van der Waals surface area contributed by atoms with E-state index in [-0.39, 0.29) is 17.6 Å². The predicted molar refractivity (Wildman–Crippen MR) is 131 cm³/mol. The maximum absolute atomic E-state index is 13.2. The van der Waals surface area contributed by atoms with Crippen LogP contribution in [0.15, 0.2) is 75.0 Å². The number of furan rings is 1. The van der Waals surface area contributed by atoms with Gasteiger partial charge in [0.25, 0.3) is 11.6 Å². The Labute approximate surface area is 196 Å². The lowest BCUT2D eigenvalue weighted by atomic mass is 10.1. The zero-order valence-electron chi connectivity index (χ0n) is 18.5. The van der Waals surface area contributed by atoms with Gasteiger partial charge < -0.3 is 4.42 Å². The Morgan fingerprint density at radius 2 is 1.82 bits per heavy atom. The predicted octanol–water partition coefficient (Wildman–Crippen LogP) is 6.57. The highest BCUT2D eigenvalue weighted by atomic mass is 32.2. The minimum absolute atomic E-state index is 0.00682. The average Bonchev–Trinajstić information content (AvgIpc) is 3.40. The minimum atomic E-state index is -0.441. The Kier molecular flexibility index (Phi) is 6.46. The number of amidine groups is 1. The normalized spacial score (nSPS) is 17.2. The van der Waals surface area contributed by atoms with Gasteiger partial charge in [0.1, 0.15) is 11.5 Å². The molecule has 0 N–H and O–H groups in total. The van der Waals surface area contributed by atoms with Crippen LogP contribution in [0.5, 0.6) is 0 Å². The molecular formula is C25H23N3O4S. The van der Waals surface area contributed by atoms with E-state index in [9.17, 15) is 14.9 Å². The number of amides is 1. The van der Waals surface area contributed by atoms with E-state index in [0.29, 0.717) is 21.6 Å². The van der Waals surface area contributed by atoms with Crippen molar-refractivity contribution in [2.24, 2.45) is 4.99 Å². The van der Waals surface area contributed by atoms with Gasteiger partial charge in [-0.05, 0) is 68.4 Å². The third-order valence-corrected chi connectivity index (χ3v) is 6.37. The van der Waals surface area contributed by atoms with Crippen molar-refractivity contribution in [2.75, 3.05) is 0 Å². The topological polar surface area (TPSA) is 89.0 Å². The van der Waals surface area contributed by atoms with Crippen molar-refractivity contribution >= 4 is 40.3 Å². The summed E-state index contributed by atoms with van der Waals surface area (Å²) >= 11 is 1.33. The molecule has 1 fully saturated rings. The molecular weight excluding hydrogens is 438 g/mol. The molecule has 2 heterocycles. The molecule has 0 radical (unpaired) electrons. The van der Waals surface area contributed by atoms with E-state index in [0.717, 1.165) is 23.2 Å². The summed E-state index contributed by atoms with van der Waals surface area (Å²) in [4.78, 5) is 30.6. The molecule has 1 atom stereocenters. The number of hydrogen-bond donors (Lipinski definition) is 0. The van der Waals surface area contributed by atoms with Crippen LogP contribution >= 0.6 is 11.8 Å². The number of nitrogens with zero attached hydrogens (tertiary/aromatic N) is 3. The monoisotopic (exact) mass is 461 g/mol. The molecule has 1 aliphatic heterocycles. The van der Waals surface area contributed by atoms with Gasteiger partial charge in [-0.3, -0.25) is 19.8 Å². The highest BCUT2D eigenvalue weighted by Gasteiger charge is 2.36. The number of nitro groups is 1. The van der Waals surface area contributed by atoms with Gasteiger partial charge in [0.15, 0.2) is 5.17 Å². The standard InChI is InChI=1S/C25H23N3O4S/c1-4-17(3)27-24(29)23(33-25(27)26-19-9-5-16(2)6-10-19)15-21-13-14-22(32-21)18-7-11-20(12-8-18)28(30)31/h5-15,17H,4H2,1-3H3/b23-15+,26-25?/t17-/m1/s1. The van der Waals surface area contributed by atoms with Crippen molar-refractivity contribution in [1.82, 2.24) is 4.90 Å². The molecule has 1 aliphatic rings. The zero-order valence-corrected chi connectivity index (χ0v) is 19.3. The fraction of sp³-hybridized carbons (Fsp3) is 0.200. The van der Waals surface area contributed by atoms with Crippen LogP contribution in [-0.2, 0) is 4.79 Å². The van der Waals surface area contributed by atoms with Crippen LogP contribution in [-0.4, -0.2) is 26.9 Å². The van der Waals surface area contributed by atoms with Gasteiger partial charge in [-0.2, -0.15) is 0 Å². The molecule has 1 saturated heterocycles. The molecule has 1 amide bonds. The number of carbonyl (C=O) groups is 1. The number of hydrogen-bond acceptors (Lipinski definition) is 6. The summed E-state index contributed by atoms with van der Waals surface area (Å²) in [7, 11) is 0. The Hall–Kier alpha value is -3.65. The SMILES string of the molecule is CC[C@@H](C)N1C(=O)/C(=C\c2ccc(-c3ccc([N+](=O)[O-])cc3)o2)SC1=Nc1ccc(C)cc1. The van der Waals surface area contributed by atoms with E-state index in [1.54, 1.807) is 35.2 Å². The number of nitro benzene ring substituents is 1. The number of aliphatic imine (C=N–C) groups is 1. The largest absolute Gasteiger partial charge is 0.457 e. The second-order valence-corrected chi connectivity index (χ2v) is 8.79. The highest BCUT2D eigenvalue weighted by molar-refractivity contribution is 8.18. The number of non-ortho nitro benzene ring substituents is 1. The van der Waals surface area contributed by atoms with Gasteiger partial charge >= 0.3 is 0 Å². The van der Waals surface area contributed by atoms with Crippen molar-refractivity contribution in [3.05, 3.63) is 87.0 Å². The lowest BCUT2D eigenvalue weighted by molar-refractivity contribution is -0.384. The van der Waals surface area contributed by atoms with E-state index in [1.807, 2.05) is 45.0 Å². The van der Waals surface area contributed by atoms with Gasteiger partial charge in [0.2, 0.25) is 0 Å². The summed E-state index contributed by atoms with van der Waals surface area (Å²) in [6, 6.07) is 17.6. The van der Waals surface area contributed by atoms with Gasteiger partial charge in [-0.1, -0.05) is 24.6 Å². The molecule has 0 aliphatic carbocycles. The Balaban J connectivity index is 1.62. The summed E-state index contributed by atoms with van der Waals surface area (Å²) < 4.78 is 5.90. The first-order valence-electron chi connectivity index (χ1n) is 10.6. The summed E-state index contributed by atoms with van der Waals surface area (Å²) in [5.41, 5.74) is 2.68. The van der Waals surface area contributed by atoms with Crippen LogP contribution in [0.1, 0.15) is 31.6 Å². The second kappa shape index (κ2) is 9.46.